The van der Waals surface area contributed by atoms with E-state index in [4.69, 9.17) is 0 Å². The molecule has 6 nitrogen and oxygen atoms in total. The van der Waals surface area contributed by atoms with E-state index in [1.54, 1.807) is 0 Å². The number of aromatic nitrogens is 6. The average Bonchev–Trinajstić information content (AvgIpc) is 1.68. The Morgan fingerprint density at radius 1 is 0.216 bits per heavy atom. The maximum absolute atomic E-state index is 4.67. The van der Waals surface area contributed by atoms with Crippen molar-refractivity contribution in [2.24, 2.45) is 0 Å². The normalized spacial score (nSPS) is 12.5. The van der Waals surface area contributed by atoms with Gasteiger partial charge in [-0.1, -0.05) is 42.5 Å². The highest BCUT2D eigenvalue weighted by atomic mass is 14.7. The SMILES string of the molecule is Cc1c(C)c(C)c2c(c1C)Cc1ncccc1-2.Cc1cc(C)c2c(c1C)Cc1nccc(C)c1-2.Cc1cc2c(c(C)c1C)Cc1nccc(C)c1-2.Cc1ccc2c(n1)Cc1c-2cc(C)c(C)c1C.Cc1cnc2c(c1)-c1c(C)cc(C)c(C)c1C2.Cc1cnc2c(c1)-c1cc(C)c(C)c(C)c1C2. The van der Waals surface area contributed by atoms with Crippen molar-refractivity contribution in [3.05, 3.63) is 311 Å². The molecule has 0 aliphatic heterocycles. The van der Waals surface area contributed by atoms with E-state index in [2.05, 4.69) is 269 Å². The molecular formula is C96H102N6. The number of pyridine rings is 6. The van der Waals surface area contributed by atoms with Gasteiger partial charge in [-0.05, 0) is 397 Å². The van der Waals surface area contributed by atoms with Gasteiger partial charge in [0.2, 0.25) is 0 Å². The van der Waals surface area contributed by atoms with E-state index in [1.165, 1.54) is 262 Å². The van der Waals surface area contributed by atoms with Crippen LogP contribution < -0.4 is 0 Å². The lowest BCUT2D eigenvalue weighted by Crippen LogP contribution is -1.98. The number of rotatable bonds is 0. The van der Waals surface area contributed by atoms with Crippen molar-refractivity contribution in [2.45, 2.75) is 205 Å². The maximum Gasteiger partial charge on any atom is 0.0529 e. The predicted octanol–water partition coefficient (Wildman–Crippen LogP) is 23.3. The lowest BCUT2D eigenvalue weighted by molar-refractivity contribution is 1.06. The topological polar surface area (TPSA) is 77.3 Å². The summed E-state index contributed by atoms with van der Waals surface area (Å²) in [6.07, 6.45) is 15.7. The second-order valence-electron chi connectivity index (χ2n) is 30.7. The Hall–Kier alpha value is -9.78. The van der Waals surface area contributed by atoms with Gasteiger partial charge in [-0.3, -0.25) is 29.9 Å². The third-order valence-corrected chi connectivity index (χ3v) is 24.4. The fourth-order valence-corrected chi connectivity index (χ4v) is 17.2. The Morgan fingerprint density at radius 2 is 0.618 bits per heavy atom. The zero-order chi connectivity index (χ0) is 72.9. The molecule has 0 unspecified atom stereocenters. The van der Waals surface area contributed by atoms with Crippen LogP contribution in [0.4, 0.5) is 0 Å². The van der Waals surface area contributed by atoms with Crippen molar-refractivity contribution >= 4 is 0 Å². The summed E-state index contributed by atoms with van der Waals surface area (Å²) < 4.78 is 0. The molecule has 6 aliphatic carbocycles. The van der Waals surface area contributed by atoms with Gasteiger partial charge in [-0.25, -0.2) is 0 Å². The summed E-state index contributed by atoms with van der Waals surface area (Å²) in [6.45, 7) is 52.8. The zero-order valence-electron chi connectivity index (χ0n) is 65.3. The molecular weight excluding hydrogens is 1240 g/mol. The molecule has 6 heteroatoms. The number of hydrogen-bond acceptors (Lipinski definition) is 6. The van der Waals surface area contributed by atoms with Crippen molar-refractivity contribution in [1.82, 2.24) is 29.9 Å². The van der Waals surface area contributed by atoms with Crippen molar-refractivity contribution in [3.8, 4) is 66.8 Å². The molecule has 6 aromatic carbocycles. The van der Waals surface area contributed by atoms with E-state index in [1.807, 2.05) is 37.1 Å². The second-order valence-corrected chi connectivity index (χ2v) is 30.7. The first-order valence-corrected chi connectivity index (χ1v) is 36.8. The molecule has 6 aromatic heterocycles. The Bertz CT molecular complexity index is 5500. The Balaban J connectivity index is 0.000000109. The molecule has 6 heterocycles. The number of hydrogen-bond donors (Lipinski definition) is 0. The molecule has 0 radical (unpaired) electrons. The molecule has 0 fully saturated rings. The largest absolute Gasteiger partial charge is 0.260 e. The van der Waals surface area contributed by atoms with Crippen LogP contribution in [0.15, 0.2) is 110 Å². The van der Waals surface area contributed by atoms with Crippen LogP contribution in [0, 0.1) is 166 Å². The first kappa shape index (κ1) is 70.6. The fraction of sp³-hybridized carbons (Fsp3) is 0.312. The van der Waals surface area contributed by atoms with Crippen molar-refractivity contribution in [3.63, 3.8) is 0 Å². The second kappa shape index (κ2) is 27.5. The number of fused-ring (bicyclic) bond motifs is 18. The monoisotopic (exact) mass is 1340 g/mol. The molecule has 0 N–H and O–H groups in total. The lowest BCUT2D eigenvalue weighted by atomic mass is 9.89. The summed E-state index contributed by atoms with van der Waals surface area (Å²) >= 11 is 0. The van der Waals surface area contributed by atoms with Crippen LogP contribution in [0.5, 0.6) is 0 Å². The van der Waals surface area contributed by atoms with Gasteiger partial charge in [0, 0.05) is 109 Å². The summed E-state index contributed by atoms with van der Waals surface area (Å²) in [5, 5.41) is 0. The summed E-state index contributed by atoms with van der Waals surface area (Å²) in [6, 6.07) is 28.9. The van der Waals surface area contributed by atoms with Crippen LogP contribution in [-0.4, -0.2) is 29.9 Å². The van der Waals surface area contributed by atoms with Gasteiger partial charge in [0.1, 0.15) is 0 Å². The fourth-order valence-electron chi connectivity index (χ4n) is 17.2. The molecule has 0 saturated carbocycles. The minimum atomic E-state index is 0.998. The van der Waals surface area contributed by atoms with Crippen molar-refractivity contribution in [2.75, 3.05) is 0 Å². The zero-order valence-corrected chi connectivity index (χ0v) is 65.3. The van der Waals surface area contributed by atoms with Gasteiger partial charge in [0.05, 0.1) is 34.2 Å². The summed E-state index contributed by atoms with van der Waals surface area (Å²) in [5.41, 5.74) is 66.1. The van der Waals surface area contributed by atoms with Crippen LogP contribution in [0.3, 0.4) is 0 Å². The summed E-state index contributed by atoms with van der Waals surface area (Å²) in [4.78, 5) is 27.4. The van der Waals surface area contributed by atoms with E-state index in [-0.39, 0.29) is 0 Å². The molecule has 0 saturated heterocycles. The third kappa shape index (κ3) is 12.4. The Morgan fingerprint density at radius 3 is 1.21 bits per heavy atom. The maximum atomic E-state index is 4.67. The number of aryl methyl sites for hydroxylation is 12. The van der Waals surface area contributed by atoms with Crippen LogP contribution in [0.2, 0.25) is 0 Å². The van der Waals surface area contributed by atoms with Gasteiger partial charge in [-0.15, -0.1) is 0 Å². The molecule has 18 rings (SSSR count). The van der Waals surface area contributed by atoms with Crippen molar-refractivity contribution in [1.29, 1.82) is 0 Å². The minimum absolute atomic E-state index is 0.998. The molecule has 0 bridgehead atoms. The highest BCUT2D eigenvalue weighted by Crippen LogP contribution is 2.47. The van der Waals surface area contributed by atoms with Gasteiger partial charge in [0.15, 0.2) is 0 Å². The van der Waals surface area contributed by atoms with Crippen LogP contribution in [0.25, 0.3) is 66.8 Å². The number of nitrogens with zero attached hydrogens (tertiary/aromatic N) is 6. The van der Waals surface area contributed by atoms with Gasteiger partial charge < -0.3 is 0 Å². The van der Waals surface area contributed by atoms with E-state index in [0.29, 0.717) is 0 Å². The van der Waals surface area contributed by atoms with Crippen LogP contribution in [-0.2, 0) is 38.5 Å². The average molecular weight is 1340 g/mol. The van der Waals surface area contributed by atoms with E-state index in [9.17, 15) is 0 Å². The minimum Gasteiger partial charge on any atom is -0.260 e. The Kier molecular flexibility index (Phi) is 19.1. The molecule has 0 amide bonds. The number of benzene rings is 6. The quantitative estimate of drug-likeness (QED) is 0.151. The molecule has 0 atom stereocenters. The van der Waals surface area contributed by atoms with E-state index in [0.717, 1.165) is 44.2 Å². The highest BCUT2D eigenvalue weighted by molar-refractivity contribution is 5.86. The third-order valence-electron chi connectivity index (χ3n) is 24.4. The lowest BCUT2D eigenvalue weighted by Gasteiger charge is -2.15. The molecule has 0 spiro atoms. The van der Waals surface area contributed by atoms with Gasteiger partial charge in [-0.2, -0.15) is 0 Å². The highest BCUT2D eigenvalue weighted by Gasteiger charge is 2.30. The van der Waals surface area contributed by atoms with Crippen LogP contribution >= 0.6 is 0 Å². The van der Waals surface area contributed by atoms with Gasteiger partial charge >= 0.3 is 0 Å². The van der Waals surface area contributed by atoms with Gasteiger partial charge in [0.25, 0.3) is 0 Å². The summed E-state index contributed by atoms with van der Waals surface area (Å²) in [5.74, 6) is 0. The van der Waals surface area contributed by atoms with E-state index < -0.39 is 0 Å². The predicted molar refractivity (Wildman–Crippen MR) is 429 cm³/mol. The molecule has 12 aromatic rings. The molecule has 516 valence electrons. The first-order chi connectivity index (χ1) is 48.5. The smallest absolute Gasteiger partial charge is 0.0529 e. The molecule has 102 heavy (non-hydrogen) atoms. The van der Waals surface area contributed by atoms with E-state index >= 15 is 0 Å². The summed E-state index contributed by atoms with van der Waals surface area (Å²) in [7, 11) is 0. The first-order valence-electron chi connectivity index (χ1n) is 36.8. The van der Waals surface area contributed by atoms with Crippen molar-refractivity contribution < 1.29 is 0 Å². The molecule has 6 aliphatic rings. The van der Waals surface area contributed by atoms with Crippen LogP contribution in [0.1, 0.15) is 201 Å². The Labute approximate surface area is 608 Å². The standard InChI is InChI=1S/6C16H17N/c1-9-5-15-14-6-10(2)11(3)12(4)13(14)7-16(15)17-8-9;1-9-5-14-15(17-8-9)7-13-12(4)10(2)6-11(3)16(13)14;1-9-7-15-13-6-5-10(2)17-16(13)8-14(15)12(4)11(9)3;1-9-5-6-17-15-8-13-12(4)11(3)10(2)7-14(13)16(9)15;1-9-5-6-17-14-8-13-12(4)10(2)7-11(3)15(13)16(9)14;1-9-10(2)12(4)16-13-6-5-7-17-15(13)8-14(16)11(9)3/h2*5-6,8H,7H2,1-4H3;4*5-7H,8H2,1-4H3.